The van der Waals surface area contributed by atoms with Gasteiger partial charge in [0.05, 0.1) is 73.9 Å². The third-order valence-corrected chi connectivity index (χ3v) is 9.18. The molecule has 2 amide bonds. The Balaban J connectivity index is 2.80. The number of nitrogens with one attached hydrogen (secondary N) is 2. The number of hydrogen-bond donors (Lipinski definition) is 11. The fourth-order valence-electron chi connectivity index (χ4n) is 5.48. The van der Waals surface area contributed by atoms with E-state index in [2.05, 4.69) is 10.6 Å². The van der Waals surface area contributed by atoms with Gasteiger partial charge in [-0.1, -0.05) is 98.9 Å². The van der Waals surface area contributed by atoms with E-state index in [1.165, 1.54) is 13.8 Å². The van der Waals surface area contributed by atoms with Crippen molar-refractivity contribution in [2.45, 2.75) is 134 Å². The van der Waals surface area contributed by atoms with Crippen LogP contribution in [0.25, 0.3) is 0 Å². The van der Waals surface area contributed by atoms with Gasteiger partial charge >= 0.3 is 12.0 Å². The van der Waals surface area contributed by atoms with Gasteiger partial charge in [0.15, 0.2) is 6.29 Å². The van der Waals surface area contributed by atoms with Crippen molar-refractivity contribution in [3.8, 4) is 0 Å². The van der Waals surface area contributed by atoms with Crippen LogP contribution >= 0.6 is 0 Å². The van der Waals surface area contributed by atoms with E-state index in [1.54, 1.807) is 50.3 Å². The Labute approximate surface area is 336 Å². The molecule has 0 spiro atoms. The van der Waals surface area contributed by atoms with Crippen molar-refractivity contribution in [3.63, 3.8) is 0 Å². The summed E-state index contributed by atoms with van der Waals surface area (Å²) in [6.45, 7) is 9.04. The van der Waals surface area contributed by atoms with Crippen molar-refractivity contribution < 1.29 is 64.7 Å². The van der Waals surface area contributed by atoms with Crippen molar-refractivity contribution >= 4 is 12.0 Å². The molecule has 1 aliphatic rings. The molecular weight excluding hydrogens is 742 g/mol. The van der Waals surface area contributed by atoms with E-state index in [1.807, 2.05) is 62.5 Å². The Bertz CT molecular complexity index is 1360. The Kier molecular flexibility index (Phi) is 25.3. The van der Waals surface area contributed by atoms with E-state index in [0.717, 1.165) is 0 Å². The molecule has 16 heteroatoms. The topological polar surface area (TPSA) is 274 Å². The van der Waals surface area contributed by atoms with Gasteiger partial charge in [0.25, 0.3) is 0 Å². The Hall–Kier alpha value is -3.52. The summed E-state index contributed by atoms with van der Waals surface area (Å²) in [5.41, 5.74) is 5.96. The SMILES string of the molecule is C[C@H]([C@H](O)[C@@H](C)/C=C/C=C/C=C/C=C/C=C/C=C/C=C/[C@@H](C[C@H](O)[C@H](NC(=O)NC[C@H](O)CO)[C@H](C)O)O[C@@H]1O[C@H](C)[C@@H](O)[C@H](N)[C@@H]1O)[C@H](C)OC(=O)C[C@@H](C)O. The lowest BCUT2D eigenvalue weighted by atomic mass is 9.89. The number of allylic oxidation sites excluding steroid dienone is 12. The molecule has 0 saturated carbocycles. The van der Waals surface area contributed by atoms with Crippen LogP contribution in [0.3, 0.4) is 0 Å². The minimum Gasteiger partial charge on any atom is -0.462 e. The van der Waals surface area contributed by atoms with E-state index >= 15 is 0 Å². The zero-order chi connectivity index (χ0) is 43.1. The van der Waals surface area contributed by atoms with Gasteiger partial charge in [0.2, 0.25) is 0 Å². The van der Waals surface area contributed by atoms with Gasteiger partial charge in [-0.25, -0.2) is 4.79 Å². The minimum absolute atomic E-state index is 0.0946. The average molecular weight is 810 g/mol. The average Bonchev–Trinajstić information content (AvgIpc) is 3.15. The molecule has 15 atom stereocenters. The largest absolute Gasteiger partial charge is 0.462 e. The summed E-state index contributed by atoms with van der Waals surface area (Å²) in [6.07, 6.45) is 13.4. The fourth-order valence-corrected chi connectivity index (χ4v) is 5.48. The van der Waals surface area contributed by atoms with Crippen molar-refractivity contribution in [2.24, 2.45) is 17.6 Å². The lowest BCUT2D eigenvalue weighted by molar-refractivity contribution is -0.277. The number of aliphatic hydroxyl groups excluding tert-OH is 8. The summed E-state index contributed by atoms with van der Waals surface area (Å²) in [6, 6.07) is -3.01. The number of esters is 1. The van der Waals surface area contributed by atoms with Crippen LogP contribution in [-0.2, 0) is 19.0 Å². The van der Waals surface area contributed by atoms with Crippen molar-refractivity contribution in [2.75, 3.05) is 13.2 Å². The first-order valence-electron chi connectivity index (χ1n) is 19.2. The predicted octanol–water partition coefficient (Wildman–Crippen LogP) is 0.547. The standard InChI is InChI=1S/C41H67N3O13/c1-25(37(51)27(3)29(5)55-34(50)21-26(2)46)19-17-15-13-11-9-7-8-10-12-14-16-18-20-32(57-40-39(53)35(42)38(52)30(6)56-40)22-33(49)36(28(4)47)44-41(54)43-23-31(48)24-45/h7-20,25-33,35-40,45-49,51-53H,21-24,42H2,1-6H3,(H2,43,44,54)/b8-7+,11-9+,12-10+,15-13+,16-14+,19-17+,20-18+/t25-,26+,27-,28-,29-,30+,31-,32-,33-,35-,36+,37+,38+,39-,40-/m0/s1. The second-order valence-electron chi connectivity index (χ2n) is 14.4. The van der Waals surface area contributed by atoms with Crippen LogP contribution in [0, 0.1) is 11.8 Å². The van der Waals surface area contributed by atoms with Crippen LogP contribution in [0.15, 0.2) is 85.1 Å². The molecule has 324 valence electrons. The molecule has 0 aromatic carbocycles. The van der Waals surface area contributed by atoms with Gasteiger partial charge in [0, 0.05) is 24.8 Å². The minimum atomic E-state index is -1.39. The molecule has 0 aromatic rings. The van der Waals surface area contributed by atoms with Crippen molar-refractivity contribution in [1.29, 1.82) is 0 Å². The molecule has 1 rings (SSSR count). The molecule has 1 aliphatic heterocycles. The molecule has 12 N–H and O–H groups in total. The van der Waals surface area contributed by atoms with Crippen LogP contribution in [-0.4, -0.2) is 145 Å². The van der Waals surface area contributed by atoms with Gasteiger partial charge in [-0.05, 0) is 27.7 Å². The number of aliphatic hydroxyl groups is 8. The Morgan fingerprint density at radius 2 is 1.33 bits per heavy atom. The molecule has 16 nitrogen and oxygen atoms in total. The summed E-state index contributed by atoms with van der Waals surface area (Å²) in [5.74, 6) is -1.000. The number of carbonyl (C=O) groups excluding carboxylic acids is 2. The number of urea groups is 1. The smallest absolute Gasteiger partial charge is 0.315 e. The molecule has 0 unspecified atom stereocenters. The highest BCUT2D eigenvalue weighted by Gasteiger charge is 2.42. The van der Waals surface area contributed by atoms with Crippen molar-refractivity contribution in [1.82, 2.24) is 10.6 Å². The number of ether oxygens (including phenoxy) is 3. The van der Waals surface area contributed by atoms with Gasteiger partial charge in [-0.2, -0.15) is 0 Å². The second kappa shape index (κ2) is 28.0. The molecule has 1 saturated heterocycles. The molecule has 0 radical (unpaired) electrons. The highest BCUT2D eigenvalue weighted by molar-refractivity contribution is 5.74. The second-order valence-corrected chi connectivity index (χ2v) is 14.4. The molecule has 1 heterocycles. The van der Waals surface area contributed by atoms with Gasteiger partial charge in [0.1, 0.15) is 12.2 Å². The van der Waals surface area contributed by atoms with Crippen molar-refractivity contribution in [3.05, 3.63) is 85.1 Å². The normalized spacial score (nSPS) is 26.3. The molecular formula is C41H67N3O13. The van der Waals surface area contributed by atoms with E-state index in [9.17, 15) is 45.3 Å². The lowest BCUT2D eigenvalue weighted by Gasteiger charge is -2.41. The Morgan fingerprint density at radius 3 is 1.84 bits per heavy atom. The maximum atomic E-state index is 12.3. The van der Waals surface area contributed by atoms with Crippen LogP contribution in [0.2, 0.25) is 0 Å². The summed E-state index contributed by atoms with van der Waals surface area (Å²) in [7, 11) is 0. The van der Waals surface area contributed by atoms with E-state index in [0.29, 0.717) is 0 Å². The maximum Gasteiger partial charge on any atom is 0.315 e. The number of rotatable bonds is 24. The molecule has 1 fully saturated rings. The summed E-state index contributed by atoms with van der Waals surface area (Å²) < 4.78 is 16.9. The summed E-state index contributed by atoms with van der Waals surface area (Å²) in [4.78, 5) is 24.1. The zero-order valence-corrected chi connectivity index (χ0v) is 33.8. The Morgan fingerprint density at radius 1 is 0.807 bits per heavy atom. The zero-order valence-electron chi connectivity index (χ0n) is 33.8. The molecule has 0 aliphatic carbocycles. The number of amides is 2. The highest BCUT2D eigenvalue weighted by atomic mass is 16.7. The monoisotopic (exact) mass is 809 g/mol. The summed E-state index contributed by atoms with van der Waals surface area (Å²) in [5, 5.41) is 85.4. The molecule has 57 heavy (non-hydrogen) atoms. The third kappa shape index (κ3) is 20.6. The maximum absolute atomic E-state index is 12.3. The number of carbonyl (C=O) groups is 2. The van der Waals surface area contributed by atoms with Gasteiger partial charge in [-0.3, -0.25) is 4.79 Å². The van der Waals surface area contributed by atoms with Crippen LogP contribution in [0.1, 0.15) is 54.4 Å². The van der Waals surface area contributed by atoms with E-state index in [-0.39, 0.29) is 31.2 Å². The van der Waals surface area contributed by atoms with Crippen LogP contribution in [0.5, 0.6) is 0 Å². The number of hydrogen-bond acceptors (Lipinski definition) is 14. The van der Waals surface area contributed by atoms with Crippen LogP contribution in [0.4, 0.5) is 4.79 Å². The quantitative estimate of drug-likeness (QED) is 0.0470. The van der Waals surface area contributed by atoms with Crippen LogP contribution < -0.4 is 16.4 Å². The third-order valence-electron chi connectivity index (χ3n) is 9.18. The first kappa shape index (κ1) is 51.5. The van der Waals surface area contributed by atoms with E-state index in [4.69, 9.17) is 25.1 Å². The van der Waals surface area contributed by atoms with E-state index < -0.39 is 98.0 Å². The summed E-state index contributed by atoms with van der Waals surface area (Å²) >= 11 is 0. The molecule has 0 bridgehead atoms. The predicted molar refractivity (Wildman–Crippen MR) is 215 cm³/mol. The fraction of sp³-hybridized carbons (Fsp3) is 0.610. The molecule has 0 aromatic heterocycles. The first-order chi connectivity index (χ1) is 26.9. The first-order valence-corrected chi connectivity index (χ1v) is 19.2. The highest BCUT2D eigenvalue weighted by Crippen LogP contribution is 2.24. The number of nitrogens with two attached hydrogens (primary N) is 1. The lowest BCUT2D eigenvalue weighted by Crippen LogP contribution is -2.61. The van der Waals surface area contributed by atoms with Gasteiger partial charge < -0.3 is 71.4 Å². The van der Waals surface area contributed by atoms with Gasteiger partial charge in [-0.15, -0.1) is 0 Å².